The van der Waals surface area contributed by atoms with Gasteiger partial charge in [-0.1, -0.05) is 30.3 Å². The van der Waals surface area contributed by atoms with Gasteiger partial charge in [-0.05, 0) is 31.2 Å². The molecule has 3 fully saturated rings. The summed E-state index contributed by atoms with van der Waals surface area (Å²) in [4.78, 5) is 7.02. The lowest BCUT2D eigenvalue weighted by atomic mass is 9.74. The molecule has 1 aromatic rings. The van der Waals surface area contributed by atoms with Crippen molar-refractivity contribution in [2.24, 2.45) is 10.4 Å². The van der Waals surface area contributed by atoms with Gasteiger partial charge in [0.05, 0.1) is 6.61 Å². The van der Waals surface area contributed by atoms with Crippen molar-refractivity contribution >= 4 is 5.96 Å². The molecule has 0 radical (unpaired) electrons. The maximum Gasteiger partial charge on any atom is 0.193 e. The Labute approximate surface area is 156 Å². The first-order valence-corrected chi connectivity index (χ1v) is 9.92. The summed E-state index contributed by atoms with van der Waals surface area (Å²) in [7, 11) is 1.90. The number of ether oxygens (including phenoxy) is 2. The summed E-state index contributed by atoms with van der Waals surface area (Å²) in [6.07, 6.45) is 4.51. The van der Waals surface area contributed by atoms with Crippen LogP contribution in [0.25, 0.3) is 0 Å². The van der Waals surface area contributed by atoms with Crippen molar-refractivity contribution in [3.05, 3.63) is 35.9 Å². The van der Waals surface area contributed by atoms with Gasteiger partial charge in [-0.2, -0.15) is 0 Å². The normalized spacial score (nSPS) is 28.7. The Kier molecular flexibility index (Phi) is 5.18. The van der Waals surface area contributed by atoms with Crippen LogP contribution in [0.15, 0.2) is 35.3 Å². The number of benzene rings is 1. The number of aliphatic imine (C=N–C) groups is 1. The minimum atomic E-state index is 0.128. The topological polar surface area (TPSA) is 46.1 Å². The number of hydrogen-bond acceptors (Lipinski definition) is 3. The number of nitrogens with one attached hydrogen (secondary N) is 1. The number of guanidine groups is 1. The second-order valence-corrected chi connectivity index (χ2v) is 8.13. The molecule has 26 heavy (non-hydrogen) atoms. The van der Waals surface area contributed by atoms with E-state index in [0.717, 1.165) is 64.9 Å². The van der Waals surface area contributed by atoms with Gasteiger partial charge in [0.1, 0.15) is 0 Å². The van der Waals surface area contributed by atoms with Crippen molar-refractivity contribution in [2.45, 2.75) is 31.1 Å². The van der Waals surface area contributed by atoms with Crippen LogP contribution in [-0.2, 0) is 14.9 Å². The molecule has 0 aromatic heterocycles. The average molecular weight is 357 g/mol. The number of rotatable bonds is 3. The molecule has 0 saturated carbocycles. The molecule has 142 valence electrons. The largest absolute Gasteiger partial charge is 0.381 e. The van der Waals surface area contributed by atoms with E-state index in [0.29, 0.717) is 5.41 Å². The molecule has 1 spiro atoms. The van der Waals surface area contributed by atoms with E-state index in [2.05, 4.69) is 45.5 Å². The van der Waals surface area contributed by atoms with Crippen LogP contribution in [0, 0.1) is 5.41 Å². The van der Waals surface area contributed by atoms with Crippen molar-refractivity contribution in [1.29, 1.82) is 0 Å². The van der Waals surface area contributed by atoms with Crippen molar-refractivity contribution in [3.63, 3.8) is 0 Å². The molecule has 0 amide bonds. The maximum absolute atomic E-state index is 5.67. The number of hydrogen-bond donors (Lipinski definition) is 1. The van der Waals surface area contributed by atoms with Crippen LogP contribution in [0.2, 0.25) is 0 Å². The molecule has 0 aliphatic carbocycles. The summed E-state index contributed by atoms with van der Waals surface area (Å²) < 4.78 is 11.3. The SMILES string of the molecule is CN=C(NCC1(c2ccccc2)CCOCC1)N1CCC2(CCOC2)C1. The highest BCUT2D eigenvalue weighted by atomic mass is 16.5. The lowest BCUT2D eigenvalue weighted by molar-refractivity contribution is 0.0512. The van der Waals surface area contributed by atoms with Crippen LogP contribution >= 0.6 is 0 Å². The van der Waals surface area contributed by atoms with Gasteiger partial charge in [0.2, 0.25) is 0 Å². The molecule has 3 aliphatic heterocycles. The lowest BCUT2D eigenvalue weighted by Crippen LogP contribution is -2.49. The zero-order valence-electron chi connectivity index (χ0n) is 15.9. The fourth-order valence-electron chi connectivity index (χ4n) is 4.79. The van der Waals surface area contributed by atoms with Crippen molar-refractivity contribution in [3.8, 4) is 0 Å². The maximum atomic E-state index is 5.67. The van der Waals surface area contributed by atoms with Crippen LogP contribution in [0.4, 0.5) is 0 Å². The van der Waals surface area contributed by atoms with E-state index in [1.165, 1.54) is 18.4 Å². The Morgan fingerprint density at radius 1 is 1.08 bits per heavy atom. The first-order valence-electron chi connectivity index (χ1n) is 9.92. The summed E-state index contributed by atoms with van der Waals surface area (Å²) in [5, 5.41) is 3.71. The molecule has 3 saturated heterocycles. The smallest absolute Gasteiger partial charge is 0.193 e. The summed E-state index contributed by atoms with van der Waals surface area (Å²) in [6, 6.07) is 10.9. The predicted octanol–water partition coefficient (Wildman–Crippen LogP) is 2.42. The van der Waals surface area contributed by atoms with Gasteiger partial charge in [0, 0.05) is 57.3 Å². The van der Waals surface area contributed by atoms with Crippen LogP contribution in [0.1, 0.15) is 31.2 Å². The predicted molar refractivity (Wildman–Crippen MR) is 104 cm³/mol. The summed E-state index contributed by atoms with van der Waals surface area (Å²) >= 11 is 0. The standard InChI is InChI=1S/C21H31N3O2/c1-22-19(24-11-7-20(16-24)8-12-26-17-20)23-15-21(9-13-25-14-10-21)18-5-3-2-4-6-18/h2-6H,7-17H2,1H3,(H,22,23). The van der Waals surface area contributed by atoms with E-state index in [9.17, 15) is 0 Å². The van der Waals surface area contributed by atoms with Gasteiger partial charge in [-0.3, -0.25) is 4.99 Å². The molecule has 4 rings (SSSR count). The first kappa shape index (κ1) is 17.8. The van der Waals surface area contributed by atoms with Crippen molar-refractivity contribution < 1.29 is 9.47 Å². The lowest BCUT2D eigenvalue weighted by Gasteiger charge is -2.39. The molecule has 0 bridgehead atoms. The fraction of sp³-hybridized carbons (Fsp3) is 0.667. The molecule has 5 nitrogen and oxygen atoms in total. The van der Waals surface area contributed by atoms with E-state index in [1.807, 2.05) is 7.05 Å². The highest BCUT2D eigenvalue weighted by molar-refractivity contribution is 5.80. The number of nitrogens with zero attached hydrogens (tertiary/aromatic N) is 2. The van der Waals surface area contributed by atoms with Gasteiger partial charge in [-0.25, -0.2) is 0 Å². The Morgan fingerprint density at radius 2 is 1.85 bits per heavy atom. The molecule has 1 aromatic carbocycles. The quantitative estimate of drug-likeness (QED) is 0.667. The number of likely N-dealkylation sites (tertiary alicyclic amines) is 1. The monoisotopic (exact) mass is 357 g/mol. The van der Waals surface area contributed by atoms with E-state index in [-0.39, 0.29) is 5.41 Å². The van der Waals surface area contributed by atoms with Gasteiger partial charge < -0.3 is 19.7 Å². The fourth-order valence-corrected chi connectivity index (χ4v) is 4.79. The van der Waals surface area contributed by atoms with Gasteiger partial charge in [-0.15, -0.1) is 0 Å². The summed E-state index contributed by atoms with van der Waals surface area (Å²) in [5.74, 6) is 1.04. The highest BCUT2D eigenvalue weighted by Crippen LogP contribution is 2.38. The summed E-state index contributed by atoms with van der Waals surface area (Å²) in [6.45, 7) is 6.53. The second-order valence-electron chi connectivity index (χ2n) is 8.13. The van der Waals surface area contributed by atoms with E-state index < -0.39 is 0 Å². The van der Waals surface area contributed by atoms with Gasteiger partial charge in [0.25, 0.3) is 0 Å². The Bertz CT molecular complexity index is 619. The van der Waals surface area contributed by atoms with Crippen LogP contribution in [0.5, 0.6) is 0 Å². The molecule has 5 heteroatoms. The van der Waals surface area contributed by atoms with E-state index >= 15 is 0 Å². The van der Waals surface area contributed by atoms with Crippen LogP contribution in [0.3, 0.4) is 0 Å². The Morgan fingerprint density at radius 3 is 2.54 bits per heavy atom. The molecular weight excluding hydrogens is 326 g/mol. The van der Waals surface area contributed by atoms with E-state index in [1.54, 1.807) is 0 Å². The third kappa shape index (κ3) is 3.47. The zero-order chi connectivity index (χ0) is 17.9. The molecule has 1 N–H and O–H groups in total. The molecular formula is C21H31N3O2. The summed E-state index contributed by atoms with van der Waals surface area (Å²) in [5.41, 5.74) is 1.89. The van der Waals surface area contributed by atoms with Crippen LogP contribution in [-0.4, -0.2) is 64.0 Å². The molecule has 1 unspecified atom stereocenters. The average Bonchev–Trinajstić information content (AvgIpc) is 3.34. The Balaban J connectivity index is 1.45. The highest BCUT2D eigenvalue weighted by Gasteiger charge is 2.42. The third-order valence-corrected chi connectivity index (χ3v) is 6.56. The minimum Gasteiger partial charge on any atom is -0.381 e. The molecule has 3 aliphatic rings. The van der Waals surface area contributed by atoms with E-state index in [4.69, 9.17) is 9.47 Å². The molecule has 3 heterocycles. The first-order chi connectivity index (χ1) is 12.8. The second kappa shape index (κ2) is 7.57. The van der Waals surface area contributed by atoms with Crippen LogP contribution < -0.4 is 5.32 Å². The third-order valence-electron chi connectivity index (χ3n) is 6.56. The van der Waals surface area contributed by atoms with Gasteiger partial charge >= 0.3 is 0 Å². The molecule has 1 atom stereocenters. The van der Waals surface area contributed by atoms with Crippen molar-refractivity contribution in [2.75, 3.05) is 53.1 Å². The zero-order valence-corrected chi connectivity index (χ0v) is 15.9. The van der Waals surface area contributed by atoms with Gasteiger partial charge in [0.15, 0.2) is 5.96 Å². The Hall–Kier alpha value is -1.59. The minimum absolute atomic E-state index is 0.128. The van der Waals surface area contributed by atoms with Crippen molar-refractivity contribution in [1.82, 2.24) is 10.2 Å².